The van der Waals surface area contributed by atoms with E-state index in [-0.39, 0.29) is 22.9 Å². The van der Waals surface area contributed by atoms with Crippen molar-refractivity contribution in [2.45, 2.75) is 71.0 Å². The third kappa shape index (κ3) is 1.92. The molecule has 2 heterocycles. The Morgan fingerprint density at radius 3 is 2.79 bits per heavy atom. The molecule has 1 aliphatic heterocycles. The summed E-state index contributed by atoms with van der Waals surface area (Å²) >= 11 is 0. The maximum absolute atomic E-state index is 12.6. The highest BCUT2D eigenvalue weighted by Crippen LogP contribution is 2.70. The number of ether oxygens (including phenoxy) is 1. The third-order valence-corrected chi connectivity index (χ3v) is 7.97. The van der Waals surface area contributed by atoms with Crippen molar-refractivity contribution in [3.8, 4) is 0 Å². The van der Waals surface area contributed by atoms with Crippen molar-refractivity contribution in [2.75, 3.05) is 0 Å². The van der Waals surface area contributed by atoms with Gasteiger partial charge in [0.15, 0.2) is 0 Å². The number of carboxylic acid groups (broad SMARTS) is 1. The lowest BCUT2D eigenvalue weighted by Crippen LogP contribution is -2.60. The minimum Gasteiger partial charge on any atom is -0.481 e. The van der Waals surface area contributed by atoms with Crippen LogP contribution in [0.15, 0.2) is 23.0 Å². The maximum Gasteiger partial charge on any atom is 0.310 e. The van der Waals surface area contributed by atoms with E-state index >= 15 is 0 Å². The molecule has 1 saturated heterocycles. The van der Waals surface area contributed by atoms with Crippen LogP contribution in [-0.4, -0.2) is 22.8 Å². The van der Waals surface area contributed by atoms with Crippen molar-refractivity contribution < 1.29 is 19.1 Å². The summed E-state index contributed by atoms with van der Waals surface area (Å²) < 4.78 is 11.3. The molecule has 6 unspecified atom stereocenters. The van der Waals surface area contributed by atoms with E-state index in [4.69, 9.17) is 9.15 Å². The summed E-state index contributed by atoms with van der Waals surface area (Å²) in [4.78, 5) is 12.6. The van der Waals surface area contributed by atoms with Crippen LogP contribution >= 0.6 is 0 Å². The summed E-state index contributed by atoms with van der Waals surface area (Å²) in [7, 11) is 0. The molecule has 4 rings (SSSR count). The van der Waals surface area contributed by atoms with Gasteiger partial charge < -0.3 is 14.3 Å². The highest BCUT2D eigenvalue weighted by atomic mass is 16.6. The quantitative estimate of drug-likeness (QED) is 0.836. The Morgan fingerprint density at radius 2 is 2.12 bits per heavy atom. The second-order valence-electron chi connectivity index (χ2n) is 8.68. The zero-order chi connectivity index (χ0) is 17.2. The highest BCUT2D eigenvalue weighted by Gasteiger charge is 2.73. The van der Waals surface area contributed by atoms with Crippen LogP contribution in [0.3, 0.4) is 0 Å². The minimum absolute atomic E-state index is 0.0305. The number of furan rings is 1. The van der Waals surface area contributed by atoms with Crippen molar-refractivity contribution in [3.05, 3.63) is 24.2 Å². The van der Waals surface area contributed by atoms with E-state index in [1.807, 2.05) is 6.07 Å². The fraction of sp³-hybridized carbons (Fsp3) is 0.750. The summed E-state index contributed by atoms with van der Waals surface area (Å²) in [6, 6.07) is 1.95. The number of fused-ring (bicyclic) bond motifs is 3. The second-order valence-corrected chi connectivity index (χ2v) is 8.68. The van der Waals surface area contributed by atoms with Gasteiger partial charge in [0.05, 0.1) is 29.6 Å². The van der Waals surface area contributed by atoms with Crippen LogP contribution in [0.1, 0.15) is 58.4 Å². The predicted octanol–water partition coefficient (Wildman–Crippen LogP) is 4.29. The Bertz CT molecular complexity index is 638. The van der Waals surface area contributed by atoms with E-state index in [0.717, 1.165) is 37.7 Å². The molecule has 3 fully saturated rings. The fourth-order valence-corrected chi connectivity index (χ4v) is 6.12. The molecule has 0 radical (unpaired) electrons. The van der Waals surface area contributed by atoms with Gasteiger partial charge in [0, 0.05) is 5.41 Å². The van der Waals surface area contributed by atoms with Crippen LogP contribution in [0.2, 0.25) is 0 Å². The molecule has 24 heavy (non-hydrogen) atoms. The Balaban J connectivity index is 1.71. The molecule has 1 aromatic heterocycles. The Morgan fingerprint density at radius 1 is 1.33 bits per heavy atom. The number of carboxylic acids is 1. The molecule has 2 aliphatic carbocycles. The topological polar surface area (TPSA) is 63.0 Å². The summed E-state index contributed by atoms with van der Waals surface area (Å²) in [5.41, 5.74) is 0.283. The van der Waals surface area contributed by atoms with E-state index < -0.39 is 11.4 Å². The first-order valence-corrected chi connectivity index (χ1v) is 9.27. The third-order valence-electron chi connectivity index (χ3n) is 7.97. The second kappa shape index (κ2) is 5.10. The van der Waals surface area contributed by atoms with E-state index in [1.165, 1.54) is 0 Å². The molecule has 6 atom stereocenters. The molecule has 1 aromatic rings. The van der Waals surface area contributed by atoms with E-state index in [0.29, 0.717) is 12.5 Å². The number of aliphatic carboxylic acids is 1. The molecular weight excluding hydrogens is 304 g/mol. The molecule has 0 aromatic carbocycles. The van der Waals surface area contributed by atoms with Gasteiger partial charge in [0.25, 0.3) is 0 Å². The molecule has 1 N–H and O–H groups in total. The van der Waals surface area contributed by atoms with Crippen LogP contribution in [0.4, 0.5) is 0 Å². The summed E-state index contributed by atoms with van der Waals surface area (Å²) in [6.45, 7) is 6.64. The number of hydrogen-bond acceptors (Lipinski definition) is 3. The van der Waals surface area contributed by atoms with Gasteiger partial charge >= 0.3 is 5.97 Å². The zero-order valence-corrected chi connectivity index (χ0v) is 14.9. The van der Waals surface area contributed by atoms with Crippen LogP contribution in [0, 0.1) is 22.7 Å². The van der Waals surface area contributed by atoms with Gasteiger partial charge in [-0.05, 0) is 68.9 Å². The van der Waals surface area contributed by atoms with E-state index in [2.05, 4.69) is 20.8 Å². The molecule has 0 bridgehead atoms. The lowest BCUT2D eigenvalue weighted by molar-refractivity contribution is -0.177. The predicted molar refractivity (Wildman–Crippen MR) is 89.6 cm³/mol. The molecule has 0 amide bonds. The smallest absolute Gasteiger partial charge is 0.310 e. The Kier molecular flexibility index (Phi) is 3.44. The van der Waals surface area contributed by atoms with Crippen molar-refractivity contribution >= 4 is 5.97 Å². The Hall–Kier alpha value is -1.29. The maximum atomic E-state index is 12.6. The largest absolute Gasteiger partial charge is 0.481 e. The van der Waals surface area contributed by atoms with E-state index in [9.17, 15) is 9.90 Å². The number of aryl methyl sites for hydroxylation is 1. The molecule has 4 nitrogen and oxygen atoms in total. The van der Waals surface area contributed by atoms with Crippen LogP contribution < -0.4 is 0 Å². The van der Waals surface area contributed by atoms with Crippen molar-refractivity contribution in [1.82, 2.24) is 0 Å². The van der Waals surface area contributed by atoms with Gasteiger partial charge in [-0.25, -0.2) is 0 Å². The SMILES string of the molecule is CC1CCC2(C)C(CCC3OC32C)C1(CCc1ccoc1)C(=O)O. The summed E-state index contributed by atoms with van der Waals surface area (Å²) in [6.07, 6.45) is 9.22. The molecule has 2 saturated carbocycles. The monoisotopic (exact) mass is 332 g/mol. The lowest BCUT2D eigenvalue weighted by Gasteiger charge is -2.58. The molecule has 0 spiro atoms. The summed E-state index contributed by atoms with van der Waals surface area (Å²) in [5.74, 6) is -0.238. The van der Waals surface area contributed by atoms with Crippen LogP contribution in [0.5, 0.6) is 0 Å². The standard InChI is InChI=1S/C20H28O4/c1-13-6-9-18(2)15(4-5-16-19(18,3)24-16)20(13,17(21)22)10-7-14-8-11-23-12-14/h8,11-13,15-16H,4-7,9-10H2,1-3H3,(H,21,22). The number of carbonyl (C=O) groups is 1. The number of rotatable bonds is 4. The molecular formula is C20H28O4. The van der Waals surface area contributed by atoms with E-state index in [1.54, 1.807) is 12.5 Å². The first kappa shape index (κ1) is 16.2. The van der Waals surface area contributed by atoms with Gasteiger partial charge in [0.2, 0.25) is 0 Å². The average Bonchev–Trinajstić information content (AvgIpc) is 2.98. The lowest BCUT2D eigenvalue weighted by atomic mass is 9.44. The highest BCUT2D eigenvalue weighted by molar-refractivity contribution is 5.76. The Labute approximate surface area is 143 Å². The molecule has 4 heteroatoms. The minimum atomic E-state index is -0.663. The van der Waals surface area contributed by atoms with Crippen LogP contribution in [0.25, 0.3) is 0 Å². The van der Waals surface area contributed by atoms with Gasteiger partial charge in [-0.3, -0.25) is 4.79 Å². The van der Waals surface area contributed by atoms with Gasteiger partial charge in [-0.2, -0.15) is 0 Å². The van der Waals surface area contributed by atoms with Gasteiger partial charge in [-0.15, -0.1) is 0 Å². The van der Waals surface area contributed by atoms with Crippen molar-refractivity contribution in [2.24, 2.45) is 22.7 Å². The van der Waals surface area contributed by atoms with Crippen LogP contribution in [-0.2, 0) is 16.0 Å². The molecule has 3 aliphatic rings. The number of epoxide rings is 1. The fourth-order valence-electron chi connectivity index (χ4n) is 6.12. The normalized spacial score (nSPS) is 46.9. The first-order chi connectivity index (χ1) is 11.3. The van der Waals surface area contributed by atoms with Crippen molar-refractivity contribution in [1.29, 1.82) is 0 Å². The van der Waals surface area contributed by atoms with Gasteiger partial charge in [-0.1, -0.05) is 13.8 Å². The van der Waals surface area contributed by atoms with Gasteiger partial charge in [0.1, 0.15) is 0 Å². The number of hydrogen-bond donors (Lipinski definition) is 1. The van der Waals surface area contributed by atoms with Crippen molar-refractivity contribution in [3.63, 3.8) is 0 Å². The molecule has 132 valence electrons. The average molecular weight is 332 g/mol. The first-order valence-electron chi connectivity index (χ1n) is 9.27. The summed E-state index contributed by atoms with van der Waals surface area (Å²) in [5, 5.41) is 10.4. The zero-order valence-electron chi connectivity index (χ0n) is 14.9.